The van der Waals surface area contributed by atoms with Gasteiger partial charge in [0.25, 0.3) is 0 Å². The number of hydrogen-bond donors (Lipinski definition) is 1. The lowest BCUT2D eigenvalue weighted by atomic mass is 10.1. The fourth-order valence-corrected chi connectivity index (χ4v) is 2.56. The summed E-state index contributed by atoms with van der Waals surface area (Å²) in [5.41, 5.74) is 6.76. The van der Waals surface area contributed by atoms with Crippen molar-refractivity contribution >= 4 is 15.9 Å². The van der Waals surface area contributed by atoms with E-state index in [-0.39, 0.29) is 0 Å². The second-order valence-electron chi connectivity index (χ2n) is 5.34. The Bertz CT molecular complexity index is 583. The lowest BCUT2D eigenvalue weighted by molar-refractivity contribution is 0.281. The molecule has 0 amide bonds. The van der Waals surface area contributed by atoms with Crippen LogP contribution >= 0.6 is 15.9 Å². The summed E-state index contributed by atoms with van der Waals surface area (Å²) in [7, 11) is 0. The minimum absolute atomic E-state index is 0.404. The molecule has 0 spiro atoms. The fourth-order valence-electron chi connectivity index (χ4n) is 2.02. The summed E-state index contributed by atoms with van der Waals surface area (Å²) >= 11 is 3.53. The van der Waals surface area contributed by atoms with Crippen LogP contribution in [0.15, 0.2) is 29.0 Å². The molecular formula is C15H21BrN4O. The number of halogens is 1. The van der Waals surface area contributed by atoms with Crippen LogP contribution in [-0.2, 0) is 19.6 Å². The topological polar surface area (TPSA) is 66.0 Å². The number of ether oxygens (including phenoxy) is 1. The minimum Gasteiger partial charge on any atom is -0.484 e. The Morgan fingerprint density at radius 1 is 1.38 bits per heavy atom. The molecule has 1 aromatic carbocycles. The van der Waals surface area contributed by atoms with E-state index in [1.54, 1.807) is 6.33 Å². The van der Waals surface area contributed by atoms with E-state index >= 15 is 0 Å². The van der Waals surface area contributed by atoms with E-state index in [4.69, 9.17) is 10.5 Å². The maximum Gasteiger partial charge on any atom is 0.164 e. The zero-order valence-electron chi connectivity index (χ0n) is 12.4. The third-order valence-electron chi connectivity index (χ3n) is 3.02. The maximum atomic E-state index is 5.84. The van der Waals surface area contributed by atoms with Crippen molar-refractivity contribution in [1.82, 2.24) is 14.8 Å². The van der Waals surface area contributed by atoms with Crippen molar-refractivity contribution in [3.8, 4) is 5.75 Å². The Kier molecular flexibility index (Phi) is 5.76. The SMILES string of the molecule is CC(C)Cn1ncnc1COc1ccc(CCN)cc1Br. The number of benzene rings is 1. The van der Waals surface area contributed by atoms with Gasteiger partial charge in [-0.1, -0.05) is 19.9 Å². The number of aromatic nitrogens is 3. The fraction of sp³-hybridized carbons (Fsp3) is 0.467. The van der Waals surface area contributed by atoms with Crippen molar-refractivity contribution in [2.24, 2.45) is 11.7 Å². The van der Waals surface area contributed by atoms with Gasteiger partial charge in [0.2, 0.25) is 0 Å². The van der Waals surface area contributed by atoms with Gasteiger partial charge >= 0.3 is 0 Å². The van der Waals surface area contributed by atoms with Crippen LogP contribution < -0.4 is 10.5 Å². The van der Waals surface area contributed by atoms with Crippen LogP contribution in [0.4, 0.5) is 0 Å². The van der Waals surface area contributed by atoms with Gasteiger partial charge in [-0.15, -0.1) is 0 Å². The lowest BCUT2D eigenvalue weighted by Gasteiger charge is -2.11. The van der Waals surface area contributed by atoms with Gasteiger partial charge in [-0.2, -0.15) is 5.10 Å². The van der Waals surface area contributed by atoms with E-state index in [2.05, 4.69) is 39.9 Å². The molecule has 1 heterocycles. The highest BCUT2D eigenvalue weighted by Crippen LogP contribution is 2.26. The van der Waals surface area contributed by atoms with E-state index in [1.165, 1.54) is 5.56 Å². The summed E-state index contributed by atoms with van der Waals surface area (Å²) in [6.45, 7) is 6.19. The summed E-state index contributed by atoms with van der Waals surface area (Å²) < 4.78 is 8.66. The molecule has 0 saturated heterocycles. The van der Waals surface area contributed by atoms with Gasteiger partial charge in [0, 0.05) is 6.54 Å². The molecule has 0 unspecified atom stereocenters. The molecule has 6 heteroatoms. The highest BCUT2D eigenvalue weighted by atomic mass is 79.9. The molecule has 114 valence electrons. The zero-order valence-corrected chi connectivity index (χ0v) is 14.0. The van der Waals surface area contributed by atoms with Gasteiger partial charge in [-0.3, -0.25) is 0 Å². The van der Waals surface area contributed by atoms with Gasteiger partial charge in [0.15, 0.2) is 5.82 Å². The predicted molar refractivity (Wildman–Crippen MR) is 86.1 cm³/mol. The molecule has 0 aliphatic heterocycles. The Balaban J connectivity index is 2.01. The summed E-state index contributed by atoms with van der Waals surface area (Å²) in [4.78, 5) is 4.26. The number of nitrogens with two attached hydrogens (primary N) is 1. The average Bonchev–Trinajstić information content (AvgIpc) is 2.85. The van der Waals surface area contributed by atoms with Crippen molar-refractivity contribution in [3.63, 3.8) is 0 Å². The third kappa shape index (κ3) is 4.54. The molecule has 0 atom stereocenters. The molecule has 2 N–H and O–H groups in total. The van der Waals surface area contributed by atoms with Crippen molar-refractivity contribution in [1.29, 1.82) is 0 Å². The largest absolute Gasteiger partial charge is 0.484 e. The van der Waals surface area contributed by atoms with E-state index in [9.17, 15) is 0 Å². The average molecular weight is 353 g/mol. The lowest BCUT2D eigenvalue weighted by Crippen LogP contribution is -2.12. The van der Waals surface area contributed by atoms with Crippen molar-refractivity contribution in [3.05, 3.63) is 40.4 Å². The third-order valence-corrected chi connectivity index (χ3v) is 3.64. The Morgan fingerprint density at radius 2 is 2.19 bits per heavy atom. The molecule has 21 heavy (non-hydrogen) atoms. The van der Waals surface area contributed by atoms with Crippen molar-refractivity contribution < 1.29 is 4.74 Å². The van der Waals surface area contributed by atoms with Crippen LogP contribution in [0.5, 0.6) is 5.75 Å². The summed E-state index contributed by atoms with van der Waals surface area (Å²) in [5, 5.41) is 4.23. The monoisotopic (exact) mass is 352 g/mol. The maximum absolute atomic E-state index is 5.84. The van der Waals surface area contributed by atoms with E-state index in [0.29, 0.717) is 19.1 Å². The van der Waals surface area contributed by atoms with Crippen molar-refractivity contribution in [2.45, 2.75) is 33.4 Å². The Hall–Kier alpha value is -1.40. The van der Waals surface area contributed by atoms with Crippen LogP contribution in [0.3, 0.4) is 0 Å². The highest BCUT2D eigenvalue weighted by Gasteiger charge is 2.09. The van der Waals surface area contributed by atoms with Crippen LogP contribution in [0.1, 0.15) is 25.2 Å². The summed E-state index contributed by atoms with van der Waals surface area (Å²) in [5.74, 6) is 2.16. The van der Waals surface area contributed by atoms with Gasteiger partial charge in [-0.25, -0.2) is 9.67 Å². The highest BCUT2D eigenvalue weighted by molar-refractivity contribution is 9.10. The Labute approximate surface area is 133 Å². The number of hydrogen-bond acceptors (Lipinski definition) is 4. The van der Waals surface area contributed by atoms with E-state index in [0.717, 1.165) is 29.0 Å². The standard InChI is InChI=1S/C15H21BrN4O/c1-11(2)8-20-15(18-10-19-20)9-21-14-4-3-12(5-6-17)7-13(14)16/h3-4,7,10-11H,5-6,8-9,17H2,1-2H3. The smallest absolute Gasteiger partial charge is 0.164 e. The Morgan fingerprint density at radius 3 is 2.86 bits per heavy atom. The molecule has 0 aliphatic carbocycles. The van der Waals surface area contributed by atoms with Crippen LogP contribution in [-0.4, -0.2) is 21.3 Å². The van der Waals surface area contributed by atoms with E-state index < -0.39 is 0 Å². The van der Waals surface area contributed by atoms with Gasteiger partial charge in [0.1, 0.15) is 18.7 Å². The molecular weight excluding hydrogens is 332 g/mol. The zero-order chi connectivity index (χ0) is 15.2. The molecule has 0 bridgehead atoms. The quantitative estimate of drug-likeness (QED) is 0.831. The summed E-state index contributed by atoms with van der Waals surface area (Å²) in [6.07, 6.45) is 2.43. The molecule has 2 aromatic rings. The van der Waals surface area contributed by atoms with Gasteiger partial charge in [-0.05, 0) is 52.5 Å². The molecule has 0 saturated carbocycles. The van der Waals surface area contributed by atoms with Crippen LogP contribution in [0.25, 0.3) is 0 Å². The molecule has 0 radical (unpaired) electrons. The van der Waals surface area contributed by atoms with Gasteiger partial charge < -0.3 is 10.5 Å². The van der Waals surface area contributed by atoms with Crippen LogP contribution in [0.2, 0.25) is 0 Å². The molecule has 0 aliphatic rings. The molecule has 0 fully saturated rings. The molecule has 2 rings (SSSR count). The second kappa shape index (κ2) is 7.56. The molecule has 1 aromatic heterocycles. The van der Waals surface area contributed by atoms with Crippen molar-refractivity contribution in [2.75, 3.05) is 6.54 Å². The first-order valence-electron chi connectivity index (χ1n) is 7.08. The number of rotatable bonds is 7. The predicted octanol–water partition coefficient (Wildman–Crippen LogP) is 2.78. The van der Waals surface area contributed by atoms with Crippen LogP contribution in [0, 0.1) is 5.92 Å². The normalized spacial score (nSPS) is 11.1. The number of nitrogens with zero attached hydrogens (tertiary/aromatic N) is 3. The first kappa shape index (κ1) is 16.0. The van der Waals surface area contributed by atoms with Gasteiger partial charge in [0.05, 0.1) is 4.47 Å². The first-order chi connectivity index (χ1) is 10.1. The first-order valence-corrected chi connectivity index (χ1v) is 7.87. The second-order valence-corrected chi connectivity index (χ2v) is 6.20. The minimum atomic E-state index is 0.404. The molecule has 5 nitrogen and oxygen atoms in total. The van der Waals surface area contributed by atoms with E-state index in [1.807, 2.05) is 22.9 Å². The summed E-state index contributed by atoms with van der Waals surface area (Å²) in [6, 6.07) is 6.03.